The van der Waals surface area contributed by atoms with E-state index >= 15 is 0 Å². The van der Waals surface area contributed by atoms with Gasteiger partial charge in [-0.25, -0.2) is 4.98 Å². The van der Waals surface area contributed by atoms with Gasteiger partial charge >= 0.3 is 0 Å². The minimum Gasteiger partial charge on any atom is -0.248 e. The van der Waals surface area contributed by atoms with Gasteiger partial charge in [-0.1, -0.05) is 105 Å². The first-order valence-electron chi connectivity index (χ1n) is 9.33. The van der Waals surface area contributed by atoms with Crippen LogP contribution in [0.15, 0.2) is 103 Å². The highest BCUT2D eigenvalue weighted by Gasteiger charge is 2.13. The Balaban J connectivity index is 1.87. The summed E-state index contributed by atoms with van der Waals surface area (Å²) in [6.45, 7) is 4.43. The molecule has 1 nitrogen and oxygen atoms in total. The summed E-state index contributed by atoms with van der Waals surface area (Å²) in [4.78, 5) is 4.95. The summed E-state index contributed by atoms with van der Waals surface area (Å²) < 4.78 is 0. The zero-order valence-electron chi connectivity index (χ0n) is 15.8. The number of hydrogen-bond donors (Lipinski definition) is 0. The van der Waals surface area contributed by atoms with E-state index in [9.17, 15) is 0 Å². The third-order valence-electron chi connectivity index (χ3n) is 4.79. The summed E-state index contributed by atoms with van der Waals surface area (Å²) in [7, 11) is 0. The van der Waals surface area contributed by atoms with Crippen LogP contribution in [0.5, 0.6) is 0 Å². The van der Waals surface area contributed by atoms with Crippen molar-refractivity contribution in [1.29, 1.82) is 0 Å². The van der Waals surface area contributed by atoms with Crippen LogP contribution in [0.1, 0.15) is 19.4 Å². The van der Waals surface area contributed by atoms with Crippen LogP contribution >= 0.6 is 0 Å². The van der Waals surface area contributed by atoms with Crippen molar-refractivity contribution in [2.45, 2.75) is 13.8 Å². The molecule has 1 aliphatic rings. The Morgan fingerprint density at radius 1 is 0.667 bits per heavy atom. The molecule has 2 aromatic carbocycles. The SMILES string of the molecule is CC1(C)C=CC=C(c2cc(-c3ccccc3)nc(-c3ccccc3)c2)C=C1. The molecule has 1 aliphatic carbocycles. The molecule has 0 N–H and O–H groups in total. The molecular formula is C26H23N. The summed E-state index contributed by atoms with van der Waals surface area (Å²) in [5.74, 6) is 0. The van der Waals surface area contributed by atoms with Gasteiger partial charge in [-0.15, -0.1) is 0 Å². The van der Waals surface area contributed by atoms with Crippen molar-refractivity contribution in [3.05, 3.63) is 109 Å². The van der Waals surface area contributed by atoms with Crippen molar-refractivity contribution in [1.82, 2.24) is 4.98 Å². The van der Waals surface area contributed by atoms with Crippen LogP contribution in [0.3, 0.4) is 0 Å². The van der Waals surface area contributed by atoms with Crippen molar-refractivity contribution >= 4 is 5.57 Å². The molecule has 27 heavy (non-hydrogen) atoms. The second-order valence-corrected chi connectivity index (χ2v) is 7.49. The average Bonchev–Trinajstić information content (AvgIpc) is 2.89. The Morgan fingerprint density at radius 3 is 1.78 bits per heavy atom. The standard InChI is InChI=1S/C26H23N/c1-26(2)16-9-14-20(15-17-26)23-18-24(21-10-5-3-6-11-21)27-25(19-23)22-12-7-4-8-13-22/h3-19H,1-2H3. The fraction of sp³-hybridized carbons (Fsp3) is 0.115. The monoisotopic (exact) mass is 349 g/mol. The zero-order chi connectivity index (χ0) is 18.7. The number of nitrogens with zero attached hydrogens (tertiary/aromatic N) is 1. The molecule has 0 aliphatic heterocycles. The first-order chi connectivity index (χ1) is 13.1. The van der Waals surface area contributed by atoms with Crippen LogP contribution < -0.4 is 0 Å². The van der Waals surface area contributed by atoms with Crippen molar-refractivity contribution in [3.8, 4) is 22.5 Å². The molecule has 0 saturated heterocycles. The van der Waals surface area contributed by atoms with Crippen molar-refractivity contribution in [2.75, 3.05) is 0 Å². The number of pyridine rings is 1. The number of aromatic nitrogens is 1. The first kappa shape index (κ1) is 17.2. The molecule has 1 heteroatoms. The van der Waals surface area contributed by atoms with Crippen LogP contribution in [0.25, 0.3) is 28.1 Å². The Labute approximate surface area is 161 Å². The van der Waals surface area contributed by atoms with Crippen molar-refractivity contribution in [3.63, 3.8) is 0 Å². The van der Waals surface area contributed by atoms with E-state index in [1.807, 2.05) is 12.1 Å². The van der Waals surface area contributed by atoms with Gasteiger partial charge in [0.05, 0.1) is 11.4 Å². The van der Waals surface area contributed by atoms with Crippen LogP contribution in [0.4, 0.5) is 0 Å². The summed E-state index contributed by atoms with van der Waals surface area (Å²) in [6, 6.07) is 25.1. The molecular weight excluding hydrogens is 326 g/mol. The van der Waals surface area contributed by atoms with Gasteiger partial charge in [0, 0.05) is 16.5 Å². The minimum absolute atomic E-state index is 0.0653. The van der Waals surface area contributed by atoms with Gasteiger partial charge < -0.3 is 0 Å². The Hall–Kier alpha value is -3.19. The molecule has 1 heterocycles. The first-order valence-corrected chi connectivity index (χ1v) is 9.33. The molecule has 0 bridgehead atoms. The number of benzene rings is 2. The second kappa shape index (κ2) is 7.20. The van der Waals surface area contributed by atoms with E-state index in [2.05, 4.69) is 105 Å². The minimum atomic E-state index is 0.0653. The highest BCUT2D eigenvalue weighted by molar-refractivity contribution is 5.81. The summed E-state index contributed by atoms with van der Waals surface area (Å²) in [5.41, 5.74) is 6.70. The predicted octanol–water partition coefficient (Wildman–Crippen LogP) is 6.95. The number of rotatable bonds is 3. The van der Waals surface area contributed by atoms with E-state index in [4.69, 9.17) is 4.98 Å². The molecule has 0 amide bonds. The third kappa shape index (κ3) is 3.98. The molecule has 0 atom stereocenters. The smallest absolute Gasteiger partial charge is 0.0715 e. The van der Waals surface area contributed by atoms with E-state index in [-0.39, 0.29) is 5.41 Å². The van der Waals surface area contributed by atoms with E-state index in [1.54, 1.807) is 0 Å². The van der Waals surface area contributed by atoms with Gasteiger partial charge in [-0.3, -0.25) is 0 Å². The van der Waals surface area contributed by atoms with Crippen molar-refractivity contribution < 1.29 is 0 Å². The van der Waals surface area contributed by atoms with Crippen LogP contribution in [-0.4, -0.2) is 4.98 Å². The molecule has 0 saturated carbocycles. The summed E-state index contributed by atoms with van der Waals surface area (Å²) >= 11 is 0. The molecule has 0 spiro atoms. The Bertz CT molecular complexity index is 965. The summed E-state index contributed by atoms with van der Waals surface area (Å²) in [5, 5.41) is 0. The van der Waals surface area contributed by atoms with E-state index in [1.165, 1.54) is 11.1 Å². The van der Waals surface area contributed by atoms with Crippen molar-refractivity contribution in [2.24, 2.45) is 5.41 Å². The van der Waals surface area contributed by atoms with Gasteiger partial charge in [0.15, 0.2) is 0 Å². The topological polar surface area (TPSA) is 12.9 Å². The molecule has 0 fully saturated rings. The predicted molar refractivity (Wildman–Crippen MR) is 115 cm³/mol. The lowest BCUT2D eigenvalue weighted by atomic mass is 9.92. The van der Waals surface area contributed by atoms with Gasteiger partial charge in [0.25, 0.3) is 0 Å². The van der Waals surface area contributed by atoms with Crippen LogP contribution in [0.2, 0.25) is 0 Å². The molecule has 132 valence electrons. The normalized spacial score (nSPS) is 15.3. The van der Waals surface area contributed by atoms with Gasteiger partial charge in [0.2, 0.25) is 0 Å². The Morgan fingerprint density at radius 2 is 1.22 bits per heavy atom. The van der Waals surface area contributed by atoms with Gasteiger partial charge in [0.1, 0.15) is 0 Å². The number of allylic oxidation sites excluding steroid dienone is 6. The molecule has 4 rings (SSSR count). The third-order valence-corrected chi connectivity index (χ3v) is 4.79. The van der Waals surface area contributed by atoms with Gasteiger partial charge in [-0.2, -0.15) is 0 Å². The molecule has 0 unspecified atom stereocenters. The second-order valence-electron chi connectivity index (χ2n) is 7.49. The maximum absolute atomic E-state index is 4.95. The van der Waals surface area contributed by atoms with E-state index in [0.29, 0.717) is 0 Å². The van der Waals surface area contributed by atoms with Crippen LogP contribution in [0, 0.1) is 5.41 Å². The lowest BCUT2D eigenvalue weighted by Gasteiger charge is -2.13. The summed E-state index contributed by atoms with van der Waals surface area (Å²) in [6.07, 6.45) is 11.0. The number of hydrogen-bond acceptors (Lipinski definition) is 1. The van der Waals surface area contributed by atoms with Gasteiger partial charge in [-0.05, 0) is 23.3 Å². The van der Waals surface area contributed by atoms with Crippen LogP contribution in [-0.2, 0) is 0 Å². The maximum atomic E-state index is 4.95. The highest BCUT2D eigenvalue weighted by atomic mass is 14.7. The molecule has 3 aromatic rings. The van der Waals surface area contributed by atoms with E-state index < -0.39 is 0 Å². The fourth-order valence-electron chi connectivity index (χ4n) is 3.22. The molecule has 0 radical (unpaired) electrons. The largest absolute Gasteiger partial charge is 0.248 e. The van der Waals surface area contributed by atoms with E-state index in [0.717, 1.165) is 22.5 Å². The fourth-order valence-corrected chi connectivity index (χ4v) is 3.22. The lowest BCUT2D eigenvalue weighted by molar-refractivity contribution is 0.627. The Kier molecular flexibility index (Phi) is 4.60. The quantitative estimate of drug-likeness (QED) is 0.498. The molecule has 1 aromatic heterocycles. The zero-order valence-corrected chi connectivity index (χ0v) is 15.8. The highest BCUT2D eigenvalue weighted by Crippen LogP contribution is 2.31. The lowest BCUT2D eigenvalue weighted by Crippen LogP contribution is -2.00. The average molecular weight is 349 g/mol. The maximum Gasteiger partial charge on any atom is 0.0715 e.